The molecule has 1 aromatic rings. The van der Waals surface area contributed by atoms with Crippen LogP contribution in [-0.2, 0) is 4.74 Å². The molecule has 0 aliphatic carbocycles. The summed E-state index contributed by atoms with van der Waals surface area (Å²) >= 11 is 4.87. The second-order valence-corrected chi connectivity index (χ2v) is 4.46. The summed E-state index contributed by atoms with van der Waals surface area (Å²) in [6, 6.07) is 3.75. The number of nitrogens with zero attached hydrogens (tertiary/aromatic N) is 2. The topological polar surface area (TPSA) is 63.4 Å². The number of rotatable bonds is 8. The Labute approximate surface area is 113 Å². The van der Waals surface area contributed by atoms with Crippen molar-refractivity contribution in [3.63, 3.8) is 0 Å². The molecule has 18 heavy (non-hydrogen) atoms. The second-order valence-electron chi connectivity index (χ2n) is 4.02. The number of hydrogen-bond acceptors (Lipinski definition) is 5. The lowest BCUT2D eigenvalue weighted by Crippen LogP contribution is -2.28. The smallest absolute Gasteiger partial charge is 0.125 e. The van der Waals surface area contributed by atoms with Crippen LogP contribution in [0.1, 0.15) is 5.56 Å². The summed E-state index contributed by atoms with van der Waals surface area (Å²) in [6.45, 7) is 3.44. The number of anilines is 1. The van der Waals surface area contributed by atoms with Crippen LogP contribution in [0.4, 0.5) is 5.82 Å². The van der Waals surface area contributed by atoms with Gasteiger partial charge in [0.25, 0.3) is 0 Å². The molecule has 0 bridgehead atoms. The minimum absolute atomic E-state index is 0.369. The van der Waals surface area contributed by atoms with Crippen molar-refractivity contribution in [1.82, 2.24) is 9.88 Å². The van der Waals surface area contributed by atoms with Crippen molar-refractivity contribution in [1.29, 1.82) is 0 Å². The highest BCUT2D eigenvalue weighted by molar-refractivity contribution is 7.80. The Morgan fingerprint density at radius 3 is 2.83 bits per heavy atom. The van der Waals surface area contributed by atoms with Crippen molar-refractivity contribution in [2.75, 3.05) is 45.7 Å². The predicted molar refractivity (Wildman–Crippen MR) is 78.0 cm³/mol. The molecule has 0 aromatic carbocycles. The summed E-state index contributed by atoms with van der Waals surface area (Å²) in [5.41, 5.74) is 6.29. The van der Waals surface area contributed by atoms with Crippen molar-refractivity contribution in [2.24, 2.45) is 5.73 Å². The quantitative estimate of drug-likeness (QED) is 0.677. The molecule has 0 atom stereocenters. The number of hydrogen-bond donors (Lipinski definition) is 2. The SMILES string of the molecule is COCCN(C)CCNc1ccc(C(N)=S)cn1. The maximum absolute atomic E-state index is 5.50. The molecule has 0 spiro atoms. The lowest BCUT2D eigenvalue weighted by Gasteiger charge is -2.16. The molecule has 6 heteroatoms. The van der Waals surface area contributed by atoms with Gasteiger partial charge < -0.3 is 20.7 Å². The molecule has 0 radical (unpaired) electrons. The van der Waals surface area contributed by atoms with E-state index in [9.17, 15) is 0 Å². The highest BCUT2D eigenvalue weighted by Gasteiger charge is 1.99. The molecular weight excluding hydrogens is 248 g/mol. The first-order valence-corrected chi connectivity index (χ1v) is 6.21. The van der Waals surface area contributed by atoms with Crippen molar-refractivity contribution >= 4 is 23.0 Å². The van der Waals surface area contributed by atoms with Gasteiger partial charge in [-0.05, 0) is 19.2 Å². The highest BCUT2D eigenvalue weighted by atomic mass is 32.1. The van der Waals surface area contributed by atoms with Crippen LogP contribution in [0.2, 0.25) is 0 Å². The number of likely N-dealkylation sites (N-methyl/N-ethyl adjacent to an activating group) is 1. The van der Waals surface area contributed by atoms with E-state index in [2.05, 4.69) is 22.2 Å². The maximum atomic E-state index is 5.50. The van der Waals surface area contributed by atoms with Gasteiger partial charge in [-0.2, -0.15) is 0 Å². The first-order chi connectivity index (χ1) is 8.63. The van der Waals surface area contributed by atoms with Crippen LogP contribution in [0.15, 0.2) is 18.3 Å². The summed E-state index contributed by atoms with van der Waals surface area (Å²) < 4.78 is 5.01. The van der Waals surface area contributed by atoms with Crippen LogP contribution < -0.4 is 11.1 Å². The van der Waals surface area contributed by atoms with E-state index >= 15 is 0 Å². The van der Waals surface area contributed by atoms with Gasteiger partial charge >= 0.3 is 0 Å². The number of ether oxygens (including phenoxy) is 1. The summed E-state index contributed by atoms with van der Waals surface area (Å²) in [5.74, 6) is 0.829. The fourth-order valence-corrected chi connectivity index (χ4v) is 1.50. The van der Waals surface area contributed by atoms with E-state index in [1.807, 2.05) is 12.1 Å². The highest BCUT2D eigenvalue weighted by Crippen LogP contribution is 2.04. The van der Waals surface area contributed by atoms with Crippen LogP contribution in [0.5, 0.6) is 0 Å². The summed E-state index contributed by atoms with van der Waals surface area (Å²) in [7, 11) is 3.77. The molecule has 0 aliphatic heterocycles. The van der Waals surface area contributed by atoms with Crippen LogP contribution in [0.25, 0.3) is 0 Å². The minimum Gasteiger partial charge on any atom is -0.389 e. The lowest BCUT2D eigenvalue weighted by atomic mass is 10.3. The Morgan fingerprint density at radius 2 is 2.28 bits per heavy atom. The van der Waals surface area contributed by atoms with E-state index in [0.717, 1.165) is 37.6 Å². The number of pyridine rings is 1. The maximum Gasteiger partial charge on any atom is 0.125 e. The Bertz CT molecular complexity index is 369. The molecule has 0 saturated carbocycles. The third-order valence-corrected chi connectivity index (χ3v) is 2.76. The van der Waals surface area contributed by atoms with Crippen LogP contribution in [0, 0.1) is 0 Å². The van der Waals surface area contributed by atoms with Gasteiger partial charge in [0.1, 0.15) is 10.8 Å². The van der Waals surface area contributed by atoms with E-state index < -0.39 is 0 Å². The van der Waals surface area contributed by atoms with Gasteiger partial charge in [-0.25, -0.2) is 4.98 Å². The molecule has 0 fully saturated rings. The Morgan fingerprint density at radius 1 is 1.50 bits per heavy atom. The van der Waals surface area contributed by atoms with Crippen LogP contribution in [-0.4, -0.2) is 55.3 Å². The molecular formula is C12H20N4OS. The summed E-state index contributed by atoms with van der Waals surface area (Å²) in [4.78, 5) is 6.80. The van der Waals surface area contributed by atoms with Gasteiger partial charge in [0, 0.05) is 38.5 Å². The summed E-state index contributed by atoms with van der Waals surface area (Å²) in [5, 5.41) is 3.24. The first kappa shape index (κ1) is 14.8. The normalized spacial score (nSPS) is 10.6. The zero-order valence-electron chi connectivity index (χ0n) is 10.8. The fraction of sp³-hybridized carbons (Fsp3) is 0.500. The molecule has 1 aromatic heterocycles. The van der Waals surface area contributed by atoms with Gasteiger partial charge in [0.05, 0.1) is 6.61 Å². The fourth-order valence-electron chi connectivity index (χ4n) is 1.38. The average molecular weight is 268 g/mol. The van der Waals surface area contributed by atoms with Gasteiger partial charge in [-0.3, -0.25) is 0 Å². The van der Waals surface area contributed by atoms with E-state index in [-0.39, 0.29) is 0 Å². The summed E-state index contributed by atoms with van der Waals surface area (Å²) in [6.07, 6.45) is 1.68. The molecule has 5 nitrogen and oxygen atoms in total. The first-order valence-electron chi connectivity index (χ1n) is 5.80. The molecule has 1 heterocycles. The molecule has 3 N–H and O–H groups in total. The molecule has 1 rings (SSSR count). The zero-order valence-corrected chi connectivity index (χ0v) is 11.7. The van der Waals surface area contributed by atoms with E-state index in [0.29, 0.717) is 4.99 Å². The second kappa shape index (κ2) is 7.97. The largest absolute Gasteiger partial charge is 0.389 e. The van der Waals surface area contributed by atoms with Gasteiger partial charge in [0.2, 0.25) is 0 Å². The van der Waals surface area contributed by atoms with Crippen molar-refractivity contribution in [3.8, 4) is 0 Å². The van der Waals surface area contributed by atoms with E-state index in [1.54, 1.807) is 13.3 Å². The predicted octanol–water partition coefficient (Wildman–Crippen LogP) is 0.706. The molecule has 0 saturated heterocycles. The number of nitrogens with one attached hydrogen (secondary N) is 1. The molecule has 100 valence electrons. The molecule has 0 amide bonds. The number of thiocarbonyl (C=S) groups is 1. The molecule has 0 aliphatic rings. The van der Waals surface area contributed by atoms with Gasteiger partial charge in [-0.1, -0.05) is 12.2 Å². The monoisotopic (exact) mass is 268 g/mol. The van der Waals surface area contributed by atoms with E-state index in [4.69, 9.17) is 22.7 Å². The number of nitrogens with two attached hydrogens (primary N) is 1. The van der Waals surface area contributed by atoms with E-state index in [1.165, 1.54) is 0 Å². The van der Waals surface area contributed by atoms with Gasteiger partial charge in [-0.15, -0.1) is 0 Å². The van der Waals surface area contributed by atoms with Crippen molar-refractivity contribution in [2.45, 2.75) is 0 Å². The number of aromatic nitrogens is 1. The number of methoxy groups -OCH3 is 1. The third kappa shape index (κ3) is 5.39. The lowest BCUT2D eigenvalue weighted by molar-refractivity contribution is 0.163. The average Bonchev–Trinajstić information content (AvgIpc) is 2.37. The Kier molecular flexibility index (Phi) is 6.56. The Hall–Kier alpha value is -1.24. The van der Waals surface area contributed by atoms with Crippen molar-refractivity contribution < 1.29 is 4.74 Å². The standard InChI is InChI=1S/C12H20N4OS/c1-16(7-8-17-2)6-5-14-11-4-3-10(9-15-11)12(13)18/h3-4,9H,5-8H2,1-2H3,(H2,13,18)(H,14,15). The third-order valence-electron chi connectivity index (χ3n) is 2.52. The zero-order chi connectivity index (χ0) is 13.4. The van der Waals surface area contributed by atoms with Crippen molar-refractivity contribution in [3.05, 3.63) is 23.9 Å². The minimum atomic E-state index is 0.369. The van der Waals surface area contributed by atoms with Gasteiger partial charge in [0.15, 0.2) is 0 Å². The van der Waals surface area contributed by atoms with Crippen LogP contribution in [0.3, 0.4) is 0 Å². The Balaban J connectivity index is 2.29. The molecule has 0 unspecified atom stereocenters. The van der Waals surface area contributed by atoms with Crippen LogP contribution >= 0.6 is 12.2 Å².